The highest BCUT2D eigenvalue weighted by Gasteiger charge is 2.18. The molecule has 0 saturated carbocycles. The number of hydrogen-bond donors (Lipinski definition) is 2. The highest BCUT2D eigenvalue weighted by molar-refractivity contribution is 7.08. The molecular weight excluding hydrogens is 357 g/mol. The van der Waals surface area contributed by atoms with Gasteiger partial charge in [-0.15, -0.1) is 24.8 Å². The van der Waals surface area contributed by atoms with Crippen molar-refractivity contribution in [2.24, 2.45) is 0 Å². The van der Waals surface area contributed by atoms with Gasteiger partial charge in [0.05, 0.1) is 12.1 Å². The molecule has 2 aromatic heterocycles. The summed E-state index contributed by atoms with van der Waals surface area (Å²) in [7, 11) is 0. The molecule has 3 rings (SSSR count). The van der Waals surface area contributed by atoms with Crippen LogP contribution in [-0.2, 0) is 11.2 Å². The minimum Gasteiger partial charge on any atom is -0.441 e. The third kappa shape index (κ3) is 5.21. The number of rotatable bonds is 4. The van der Waals surface area contributed by atoms with E-state index in [9.17, 15) is 4.79 Å². The number of thiophene rings is 1. The van der Waals surface area contributed by atoms with Gasteiger partial charge in [0.1, 0.15) is 5.76 Å². The average molecular weight is 378 g/mol. The molecule has 1 aliphatic heterocycles. The summed E-state index contributed by atoms with van der Waals surface area (Å²) in [6.45, 7) is 3.75. The first-order chi connectivity index (χ1) is 10.2. The molecule has 1 saturated heterocycles. The number of carbonyl (C=O) groups is 1. The van der Waals surface area contributed by atoms with Crippen LogP contribution in [0, 0.1) is 6.92 Å². The maximum absolute atomic E-state index is 12.1. The molecule has 2 aromatic rings. The number of nitrogens with one attached hydrogen (secondary N) is 2. The summed E-state index contributed by atoms with van der Waals surface area (Å²) in [6, 6.07) is 2.20. The van der Waals surface area contributed by atoms with Gasteiger partial charge in [0.2, 0.25) is 11.8 Å². The van der Waals surface area contributed by atoms with E-state index in [1.165, 1.54) is 0 Å². The average Bonchev–Trinajstić information content (AvgIpc) is 3.10. The van der Waals surface area contributed by atoms with E-state index in [-0.39, 0.29) is 43.2 Å². The number of aryl methyl sites for hydroxylation is 1. The van der Waals surface area contributed by atoms with Crippen molar-refractivity contribution >= 4 is 42.1 Å². The predicted octanol–water partition coefficient (Wildman–Crippen LogP) is 2.97. The fourth-order valence-corrected chi connectivity index (χ4v) is 3.14. The second kappa shape index (κ2) is 9.27. The summed E-state index contributed by atoms with van der Waals surface area (Å²) in [5, 5.41) is 10.3. The van der Waals surface area contributed by atoms with Crippen molar-refractivity contribution in [3.63, 3.8) is 0 Å². The Bertz CT molecular complexity index is 610. The van der Waals surface area contributed by atoms with Gasteiger partial charge in [0.25, 0.3) is 0 Å². The first-order valence-electron chi connectivity index (χ1n) is 7.21. The summed E-state index contributed by atoms with van der Waals surface area (Å²) in [4.78, 5) is 16.6. The molecule has 2 N–H and O–H groups in total. The van der Waals surface area contributed by atoms with Crippen molar-refractivity contribution in [1.82, 2.24) is 15.6 Å². The van der Waals surface area contributed by atoms with Crippen molar-refractivity contribution in [3.8, 4) is 11.5 Å². The largest absolute Gasteiger partial charge is 0.441 e. The minimum absolute atomic E-state index is 0. The Morgan fingerprint density at radius 2 is 2.35 bits per heavy atom. The number of halogens is 2. The number of hydrogen-bond acceptors (Lipinski definition) is 5. The van der Waals surface area contributed by atoms with E-state index in [1.807, 2.05) is 23.8 Å². The van der Waals surface area contributed by atoms with Gasteiger partial charge in [0, 0.05) is 23.5 Å². The third-order valence-electron chi connectivity index (χ3n) is 3.65. The normalized spacial score (nSPS) is 17.0. The number of amides is 1. The maximum atomic E-state index is 12.1. The van der Waals surface area contributed by atoms with E-state index in [2.05, 4.69) is 15.6 Å². The first kappa shape index (κ1) is 20.0. The SMILES string of the molecule is Cc1oc(-c2ccsc2)nc1CC(=O)NC1CCCNC1.Cl.Cl. The molecule has 0 aliphatic carbocycles. The molecule has 23 heavy (non-hydrogen) atoms. The van der Waals surface area contributed by atoms with Crippen molar-refractivity contribution in [2.75, 3.05) is 13.1 Å². The Balaban J connectivity index is 0.00000132. The van der Waals surface area contributed by atoms with Crippen molar-refractivity contribution in [1.29, 1.82) is 0 Å². The lowest BCUT2D eigenvalue weighted by Crippen LogP contribution is -2.46. The molecule has 1 amide bonds. The second-order valence-corrected chi connectivity index (χ2v) is 6.10. The van der Waals surface area contributed by atoms with E-state index < -0.39 is 0 Å². The molecule has 0 radical (unpaired) electrons. The van der Waals surface area contributed by atoms with Crippen molar-refractivity contribution in [2.45, 2.75) is 32.2 Å². The van der Waals surface area contributed by atoms with Crippen LogP contribution in [0.5, 0.6) is 0 Å². The molecule has 1 unspecified atom stereocenters. The molecule has 0 aromatic carbocycles. The Morgan fingerprint density at radius 1 is 1.52 bits per heavy atom. The fraction of sp³-hybridized carbons (Fsp3) is 0.467. The third-order valence-corrected chi connectivity index (χ3v) is 4.33. The zero-order valence-electron chi connectivity index (χ0n) is 12.8. The molecule has 8 heteroatoms. The lowest BCUT2D eigenvalue weighted by molar-refractivity contribution is -0.121. The number of nitrogens with zero attached hydrogens (tertiary/aromatic N) is 1. The Hall–Kier alpha value is -1.08. The first-order valence-corrected chi connectivity index (χ1v) is 8.15. The molecule has 5 nitrogen and oxygen atoms in total. The van der Waals surface area contributed by atoms with E-state index in [0.717, 1.165) is 37.2 Å². The van der Waals surface area contributed by atoms with Gasteiger partial charge in [-0.2, -0.15) is 11.3 Å². The fourth-order valence-electron chi connectivity index (χ4n) is 2.51. The number of piperidine rings is 1. The lowest BCUT2D eigenvalue weighted by Gasteiger charge is -2.23. The van der Waals surface area contributed by atoms with Gasteiger partial charge in [-0.1, -0.05) is 0 Å². The van der Waals surface area contributed by atoms with Crippen LogP contribution >= 0.6 is 36.2 Å². The predicted molar refractivity (Wildman–Crippen MR) is 96.8 cm³/mol. The number of carbonyl (C=O) groups excluding carboxylic acids is 1. The van der Waals surface area contributed by atoms with Crippen LogP contribution in [0.3, 0.4) is 0 Å². The highest BCUT2D eigenvalue weighted by Crippen LogP contribution is 2.24. The molecular formula is C15H21Cl2N3O2S. The Kier molecular flexibility index (Phi) is 8.05. The van der Waals surface area contributed by atoms with Gasteiger partial charge in [0.15, 0.2) is 0 Å². The summed E-state index contributed by atoms with van der Waals surface area (Å²) in [5.41, 5.74) is 1.68. The summed E-state index contributed by atoms with van der Waals surface area (Å²) < 4.78 is 5.65. The van der Waals surface area contributed by atoms with E-state index >= 15 is 0 Å². The van der Waals surface area contributed by atoms with Crippen molar-refractivity contribution in [3.05, 3.63) is 28.3 Å². The van der Waals surface area contributed by atoms with Crippen molar-refractivity contribution < 1.29 is 9.21 Å². The molecule has 1 atom stereocenters. The zero-order chi connectivity index (χ0) is 14.7. The lowest BCUT2D eigenvalue weighted by atomic mass is 10.1. The monoisotopic (exact) mass is 377 g/mol. The molecule has 1 aliphatic rings. The number of aromatic nitrogens is 1. The van der Waals surface area contributed by atoms with Crippen LogP contribution in [0.4, 0.5) is 0 Å². The highest BCUT2D eigenvalue weighted by atomic mass is 35.5. The summed E-state index contributed by atoms with van der Waals surface area (Å²) in [6.07, 6.45) is 2.42. The Morgan fingerprint density at radius 3 is 3.00 bits per heavy atom. The summed E-state index contributed by atoms with van der Waals surface area (Å²) in [5.74, 6) is 1.32. The second-order valence-electron chi connectivity index (χ2n) is 5.32. The molecule has 3 heterocycles. The quantitative estimate of drug-likeness (QED) is 0.859. The van der Waals surface area contributed by atoms with Gasteiger partial charge in [-0.25, -0.2) is 4.98 Å². The van der Waals surface area contributed by atoms with Gasteiger partial charge >= 0.3 is 0 Å². The molecule has 128 valence electrons. The topological polar surface area (TPSA) is 67.2 Å². The molecule has 0 bridgehead atoms. The number of oxazole rings is 1. The standard InChI is InChI=1S/C15H19N3O2S.2ClH/c1-10-13(18-15(20-10)11-4-6-21-9-11)7-14(19)17-12-3-2-5-16-8-12;;/h4,6,9,12,16H,2-3,5,7-8H2,1H3,(H,17,19);2*1H. The van der Waals surface area contributed by atoms with Crippen LogP contribution in [0.25, 0.3) is 11.5 Å². The van der Waals surface area contributed by atoms with E-state index in [1.54, 1.807) is 11.3 Å². The van der Waals surface area contributed by atoms with Crippen LogP contribution in [0.2, 0.25) is 0 Å². The van der Waals surface area contributed by atoms with E-state index in [0.29, 0.717) is 11.7 Å². The van der Waals surface area contributed by atoms with Gasteiger partial charge in [-0.05, 0) is 37.8 Å². The maximum Gasteiger partial charge on any atom is 0.227 e. The van der Waals surface area contributed by atoms with Gasteiger partial charge in [-0.3, -0.25) is 4.79 Å². The molecule has 0 spiro atoms. The minimum atomic E-state index is 0. The molecule has 1 fully saturated rings. The summed E-state index contributed by atoms with van der Waals surface area (Å²) >= 11 is 1.60. The van der Waals surface area contributed by atoms with Gasteiger partial charge < -0.3 is 15.1 Å². The van der Waals surface area contributed by atoms with Crippen LogP contribution in [-0.4, -0.2) is 30.0 Å². The smallest absolute Gasteiger partial charge is 0.227 e. The Labute approximate surface area is 152 Å². The van der Waals surface area contributed by atoms with Crippen LogP contribution in [0.1, 0.15) is 24.3 Å². The van der Waals surface area contributed by atoms with Crippen LogP contribution in [0.15, 0.2) is 21.2 Å². The zero-order valence-corrected chi connectivity index (χ0v) is 15.3. The van der Waals surface area contributed by atoms with Crippen LogP contribution < -0.4 is 10.6 Å². The van der Waals surface area contributed by atoms with E-state index in [4.69, 9.17) is 4.42 Å².